The normalized spacial score (nSPS) is 26.2. The summed E-state index contributed by atoms with van der Waals surface area (Å²) in [6.07, 6.45) is 4.96. The number of hydrogen-bond acceptors (Lipinski definition) is 7. The molecule has 31 heavy (non-hydrogen) atoms. The summed E-state index contributed by atoms with van der Waals surface area (Å²) in [5, 5.41) is 5.75. The van der Waals surface area contributed by atoms with Gasteiger partial charge in [-0.2, -0.15) is 0 Å². The molecule has 0 spiro atoms. The van der Waals surface area contributed by atoms with Crippen molar-refractivity contribution in [2.75, 3.05) is 7.05 Å². The molecule has 2 N–H and O–H groups in total. The van der Waals surface area contributed by atoms with Crippen LogP contribution in [0.1, 0.15) is 82.6 Å². The summed E-state index contributed by atoms with van der Waals surface area (Å²) in [6, 6.07) is 0.224. The molecule has 0 radical (unpaired) electrons. The zero-order valence-corrected chi connectivity index (χ0v) is 22.6. The van der Waals surface area contributed by atoms with Crippen molar-refractivity contribution in [1.29, 1.82) is 0 Å². The minimum absolute atomic E-state index is 0.0395. The minimum atomic E-state index is -0.400. The molecule has 2 heterocycles. The molecule has 2 fully saturated rings. The first-order chi connectivity index (χ1) is 14.2. The van der Waals surface area contributed by atoms with Crippen molar-refractivity contribution in [3.63, 3.8) is 0 Å². The largest absolute Gasteiger partial charge is 0.490 e. The molecule has 2 atom stereocenters. The highest BCUT2D eigenvalue weighted by Gasteiger charge is 2.52. The van der Waals surface area contributed by atoms with E-state index in [0.717, 1.165) is 17.4 Å². The summed E-state index contributed by atoms with van der Waals surface area (Å²) in [7, 11) is 1.25. The molecule has 0 amide bonds. The predicted molar refractivity (Wildman–Crippen MR) is 134 cm³/mol. The second kappa shape index (κ2) is 11.2. The van der Waals surface area contributed by atoms with Crippen LogP contribution in [0, 0.1) is 0 Å². The Hall–Kier alpha value is -0.280. The lowest BCUT2D eigenvalue weighted by Gasteiger charge is -2.32. The lowest BCUT2D eigenvalue weighted by Crippen LogP contribution is -2.41. The van der Waals surface area contributed by atoms with E-state index in [0.29, 0.717) is 0 Å². The maximum absolute atomic E-state index is 6.31. The van der Waals surface area contributed by atoms with Crippen molar-refractivity contribution in [3.05, 3.63) is 23.1 Å². The van der Waals surface area contributed by atoms with Crippen LogP contribution in [0.3, 0.4) is 0 Å². The lowest BCUT2D eigenvalue weighted by molar-refractivity contribution is 0.00578. The van der Waals surface area contributed by atoms with Crippen molar-refractivity contribution in [2.24, 2.45) is 5.14 Å². The fourth-order valence-corrected chi connectivity index (χ4v) is 3.36. The third-order valence-electron chi connectivity index (χ3n) is 6.52. The number of allylic oxidation sites excluding steroid dienone is 3. The Morgan fingerprint density at radius 3 is 1.97 bits per heavy atom. The lowest BCUT2D eigenvalue weighted by atomic mass is 9.73. The molecule has 0 bridgehead atoms. The molecule has 2 rings (SSSR count). The second-order valence-electron chi connectivity index (χ2n) is 9.78. The van der Waals surface area contributed by atoms with E-state index in [2.05, 4.69) is 60.6 Å². The summed E-state index contributed by atoms with van der Waals surface area (Å²) < 4.78 is 26.7. The Balaban J connectivity index is 0.00000233. The van der Waals surface area contributed by atoms with Crippen LogP contribution in [-0.2, 0) is 18.6 Å². The van der Waals surface area contributed by atoms with Gasteiger partial charge in [0.1, 0.15) is 0 Å². The van der Waals surface area contributed by atoms with Crippen LogP contribution in [0.4, 0.5) is 0 Å². The van der Waals surface area contributed by atoms with Gasteiger partial charge in [-0.05, 0) is 86.7 Å². The van der Waals surface area contributed by atoms with Gasteiger partial charge in [-0.3, -0.25) is 5.14 Å². The number of nitrogens with zero attached hydrogens (tertiary/aromatic N) is 1. The topological polar surface area (TPSA) is 66.2 Å². The number of hydrogen-bond donors (Lipinski definition) is 1. The van der Waals surface area contributed by atoms with Crippen LogP contribution < -0.4 is 5.14 Å². The monoisotopic (exact) mass is 454 g/mol. The van der Waals surface area contributed by atoms with Crippen molar-refractivity contribution >= 4 is 26.4 Å². The van der Waals surface area contributed by atoms with Crippen LogP contribution in [0.25, 0.3) is 0 Å². The van der Waals surface area contributed by atoms with Crippen molar-refractivity contribution in [2.45, 2.75) is 112 Å². The Labute approximate surface area is 196 Å². The highest BCUT2D eigenvalue weighted by molar-refractivity contribution is 7.94. The molecule has 2 saturated heterocycles. The molecule has 0 saturated carbocycles. The quantitative estimate of drug-likeness (QED) is 0.330. The predicted octanol–water partition coefficient (Wildman–Crippen LogP) is 4.99. The maximum atomic E-state index is 6.31. The van der Waals surface area contributed by atoms with E-state index in [-0.39, 0.29) is 36.1 Å². The Morgan fingerprint density at radius 2 is 1.55 bits per heavy atom. The molecule has 6 nitrogen and oxygen atoms in total. The Morgan fingerprint density at radius 1 is 1.03 bits per heavy atom. The molecule has 0 aromatic rings. The number of nitrogens with two attached hydrogens (primary N) is 1. The highest BCUT2D eigenvalue weighted by atomic mass is 32.2. The van der Waals surface area contributed by atoms with Gasteiger partial charge in [0.2, 0.25) is 0 Å². The minimum Gasteiger partial charge on any atom is -0.402 e. The first kappa shape index (κ1) is 28.8. The van der Waals surface area contributed by atoms with Crippen LogP contribution >= 0.6 is 12.1 Å². The fourth-order valence-electron chi connectivity index (χ4n) is 3.08. The van der Waals surface area contributed by atoms with E-state index in [9.17, 15) is 0 Å². The Bertz CT molecular complexity index is 639. The van der Waals surface area contributed by atoms with Gasteiger partial charge in [-0.25, -0.2) is 4.31 Å². The first-order valence-electron chi connectivity index (χ1n) is 11.4. The smallest absolute Gasteiger partial charge is 0.402 e. The fraction of sp³-hybridized carbons (Fsp3) is 0.818. The Kier molecular flexibility index (Phi) is 10.4. The SMILES string of the molecule is C/C(=C\C=C(/CC(C)N(C)SN)B1OC(C)(C)C(C)(C)O1)B1OC(C)C(C)(C)O1.CC. The third kappa shape index (κ3) is 7.10. The van der Waals surface area contributed by atoms with E-state index >= 15 is 0 Å². The van der Waals surface area contributed by atoms with Gasteiger partial charge in [-0.1, -0.05) is 26.0 Å². The molecule has 2 unspecified atom stereocenters. The average molecular weight is 454 g/mol. The molecule has 178 valence electrons. The summed E-state index contributed by atoms with van der Waals surface area (Å²) in [5.74, 6) is 0. The number of rotatable bonds is 7. The summed E-state index contributed by atoms with van der Waals surface area (Å²) >= 11 is 1.23. The molecule has 0 aromatic carbocycles. The van der Waals surface area contributed by atoms with Gasteiger partial charge < -0.3 is 18.6 Å². The van der Waals surface area contributed by atoms with Crippen LogP contribution in [0.15, 0.2) is 23.1 Å². The van der Waals surface area contributed by atoms with Crippen molar-refractivity contribution < 1.29 is 18.6 Å². The maximum Gasteiger partial charge on any atom is 0.490 e. The second-order valence-corrected chi connectivity index (χ2v) is 10.6. The molecule has 9 heteroatoms. The summed E-state index contributed by atoms with van der Waals surface area (Å²) in [6.45, 7) is 22.6. The van der Waals surface area contributed by atoms with Gasteiger partial charge in [0.05, 0.1) is 22.9 Å². The molecular weight excluding hydrogens is 410 g/mol. The zero-order chi connectivity index (χ0) is 24.2. The van der Waals surface area contributed by atoms with E-state index in [1.54, 1.807) is 0 Å². The first-order valence-corrected chi connectivity index (χ1v) is 12.2. The van der Waals surface area contributed by atoms with Crippen LogP contribution in [0.2, 0.25) is 0 Å². The van der Waals surface area contributed by atoms with Gasteiger partial charge in [0.25, 0.3) is 0 Å². The standard InChI is InChI=1S/C20H38B2N2O4S.C2H6/c1-14(21-25-16(3)18(4,5)26-21)11-12-17(13-15(2)24(10)29-23)22-27-19(6,7)20(8,9)28-22;1-2/h11-12,15-16H,13,23H2,1-10H3;1-2H3/b14-11+,17-12+;. The molecule has 2 aliphatic rings. The molecular formula is C22H44B2N2O4S. The van der Waals surface area contributed by atoms with Crippen molar-refractivity contribution in [1.82, 2.24) is 4.31 Å². The van der Waals surface area contributed by atoms with Crippen molar-refractivity contribution in [3.8, 4) is 0 Å². The van der Waals surface area contributed by atoms with Gasteiger partial charge >= 0.3 is 14.2 Å². The van der Waals surface area contributed by atoms with E-state index in [4.69, 9.17) is 23.8 Å². The average Bonchev–Trinajstić information content (AvgIpc) is 3.09. The van der Waals surface area contributed by atoms with Crippen LogP contribution in [-0.4, -0.2) is 54.5 Å². The van der Waals surface area contributed by atoms with Gasteiger partial charge in [0, 0.05) is 18.2 Å². The highest BCUT2D eigenvalue weighted by Crippen LogP contribution is 2.39. The third-order valence-corrected chi connectivity index (χ3v) is 7.22. The van der Waals surface area contributed by atoms with E-state index in [1.165, 1.54) is 12.1 Å². The van der Waals surface area contributed by atoms with Gasteiger partial charge in [0.15, 0.2) is 0 Å². The molecule has 0 aromatic heterocycles. The summed E-state index contributed by atoms with van der Waals surface area (Å²) in [5.41, 5.74) is 1.02. The van der Waals surface area contributed by atoms with Crippen LogP contribution in [0.5, 0.6) is 0 Å². The van der Waals surface area contributed by atoms with E-state index < -0.39 is 7.12 Å². The summed E-state index contributed by atoms with van der Waals surface area (Å²) in [4.78, 5) is 0. The zero-order valence-electron chi connectivity index (χ0n) is 21.7. The molecule has 2 aliphatic heterocycles. The molecule has 0 aliphatic carbocycles. The van der Waals surface area contributed by atoms with E-state index in [1.807, 2.05) is 39.0 Å². The van der Waals surface area contributed by atoms with Gasteiger partial charge in [-0.15, -0.1) is 0 Å².